The van der Waals surface area contributed by atoms with Gasteiger partial charge in [0.1, 0.15) is 5.82 Å². The number of hydrogen-bond donors (Lipinski definition) is 2. The van der Waals surface area contributed by atoms with Crippen LogP contribution in [0.25, 0.3) is 0 Å². The van der Waals surface area contributed by atoms with E-state index in [9.17, 15) is 0 Å². The van der Waals surface area contributed by atoms with Crippen LogP contribution in [0.2, 0.25) is 10.0 Å². The number of halogens is 2. The van der Waals surface area contributed by atoms with E-state index < -0.39 is 0 Å². The first-order valence-corrected chi connectivity index (χ1v) is 8.02. The zero-order valence-corrected chi connectivity index (χ0v) is 14.5. The first kappa shape index (κ1) is 16.8. The highest BCUT2D eigenvalue weighted by Gasteiger charge is 2.07. The van der Waals surface area contributed by atoms with Gasteiger partial charge in [-0.25, -0.2) is 4.98 Å². The smallest absolute Gasteiger partial charge is 0.224 e. The summed E-state index contributed by atoms with van der Waals surface area (Å²) in [7, 11) is 0. The molecule has 22 heavy (non-hydrogen) atoms. The molecule has 0 aliphatic rings. The molecule has 0 spiro atoms. The highest BCUT2D eigenvalue weighted by Crippen LogP contribution is 2.31. The van der Waals surface area contributed by atoms with Crippen LogP contribution >= 0.6 is 23.2 Å². The lowest BCUT2D eigenvalue weighted by atomic mass is 10.1. The summed E-state index contributed by atoms with van der Waals surface area (Å²) in [6, 6.07) is 7.31. The number of rotatable bonds is 6. The average molecular weight is 339 g/mol. The number of hydrogen-bond acceptors (Lipinski definition) is 4. The highest BCUT2D eigenvalue weighted by atomic mass is 35.5. The molecule has 0 unspecified atom stereocenters. The monoisotopic (exact) mass is 338 g/mol. The van der Waals surface area contributed by atoms with Crippen LogP contribution < -0.4 is 10.6 Å². The number of benzene rings is 1. The Morgan fingerprint density at radius 1 is 1.18 bits per heavy atom. The van der Waals surface area contributed by atoms with Crippen molar-refractivity contribution < 1.29 is 0 Å². The van der Waals surface area contributed by atoms with E-state index in [0.29, 0.717) is 27.7 Å². The number of nitrogens with zero attached hydrogens (tertiary/aromatic N) is 2. The van der Waals surface area contributed by atoms with Gasteiger partial charge in [-0.3, -0.25) is 0 Å². The Hall–Kier alpha value is -1.52. The molecule has 0 fully saturated rings. The third-order valence-electron chi connectivity index (χ3n) is 3.07. The standard InChI is InChI=1S/C16H20Cl2N4/c1-10(2)7-8-19-16-20-11(3)9-14(22-16)21-13-6-4-5-12(17)15(13)18/h4-6,9-10H,7-8H2,1-3H3,(H2,19,20,21,22). The summed E-state index contributed by atoms with van der Waals surface area (Å²) in [5.41, 5.74) is 1.60. The summed E-state index contributed by atoms with van der Waals surface area (Å²) in [6.45, 7) is 7.15. The predicted molar refractivity (Wildman–Crippen MR) is 94.5 cm³/mol. The van der Waals surface area contributed by atoms with Gasteiger partial charge in [-0.2, -0.15) is 4.98 Å². The Balaban J connectivity index is 2.14. The van der Waals surface area contributed by atoms with E-state index in [2.05, 4.69) is 34.4 Å². The highest BCUT2D eigenvalue weighted by molar-refractivity contribution is 6.43. The zero-order chi connectivity index (χ0) is 16.1. The summed E-state index contributed by atoms with van der Waals surface area (Å²) in [5, 5.41) is 7.42. The fraction of sp³-hybridized carbons (Fsp3) is 0.375. The largest absolute Gasteiger partial charge is 0.354 e. The Morgan fingerprint density at radius 3 is 2.68 bits per heavy atom. The van der Waals surface area contributed by atoms with Gasteiger partial charge in [0.2, 0.25) is 5.95 Å². The van der Waals surface area contributed by atoms with Gasteiger partial charge in [0.05, 0.1) is 15.7 Å². The van der Waals surface area contributed by atoms with Crippen LogP contribution in [0, 0.1) is 12.8 Å². The molecule has 0 aliphatic carbocycles. The van der Waals surface area contributed by atoms with Crippen LogP contribution in [0.4, 0.5) is 17.5 Å². The summed E-state index contributed by atoms with van der Waals surface area (Å²) in [5.74, 6) is 1.94. The van der Waals surface area contributed by atoms with Crippen LogP contribution in [-0.4, -0.2) is 16.5 Å². The van der Waals surface area contributed by atoms with Crippen molar-refractivity contribution in [1.82, 2.24) is 9.97 Å². The number of anilines is 3. The van der Waals surface area contributed by atoms with Gasteiger partial charge < -0.3 is 10.6 Å². The van der Waals surface area contributed by atoms with Crippen LogP contribution in [0.1, 0.15) is 26.0 Å². The molecule has 0 amide bonds. The maximum absolute atomic E-state index is 6.19. The van der Waals surface area contributed by atoms with E-state index in [-0.39, 0.29) is 0 Å². The van der Waals surface area contributed by atoms with Crippen LogP contribution in [-0.2, 0) is 0 Å². The third kappa shape index (κ3) is 4.75. The van der Waals surface area contributed by atoms with Crippen molar-refractivity contribution in [3.63, 3.8) is 0 Å². The molecule has 2 aromatic rings. The lowest BCUT2D eigenvalue weighted by Gasteiger charge is -2.12. The summed E-state index contributed by atoms with van der Waals surface area (Å²) in [6.07, 6.45) is 1.07. The minimum Gasteiger partial charge on any atom is -0.354 e. The number of aryl methyl sites for hydroxylation is 1. The van der Waals surface area contributed by atoms with Crippen molar-refractivity contribution in [1.29, 1.82) is 0 Å². The molecule has 0 atom stereocenters. The molecule has 4 nitrogen and oxygen atoms in total. The van der Waals surface area contributed by atoms with Gasteiger partial charge in [-0.05, 0) is 31.4 Å². The molecule has 0 bridgehead atoms. The van der Waals surface area contributed by atoms with Crippen LogP contribution in [0.5, 0.6) is 0 Å². The summed E-state index contributed by atoms with van der Waals surface area (Å²) < 4.78 is 0. The predicted octanol–water partition coefficient (Wildman–Crippen LogP) is 5.29. The summed E-state index contributed by atoms with van der Waals surface area (Å²) >= 11 is 12.2. The van der Waals surface area contributed by atoms with E-state index >= 15 is 0 Å². The molecule has 0 saturated carbocycles. The van der Waals surface area contributed by atoms with Gasteiger partial charge in [0, 0.05) is 18.3 Å². The van der Waals surface area contributed by atoms with Crippen molar-refractivity contribution in [2.75, 3.05) is 17.2 Å². The molecular weight excluding hydrogens is 319 g/mol. The third-order valence-corrected chi connectivity index (χ3v) is 3.89. The van der Waals surface area contributed by atoms with E-state index in [1.165, 1.54) is 0 Å². The van der Waals surface area contributed by atoms with E-state index in [0.717, 1.165) is 24.3 Å². The normalized spacial score (nSPS) is 10.8. The first-order valence-electron chi connectivity index (χ1n) is 7.26. The lowest BCUT2D eigenvalue weighted by molar-refractivity contribution is 0.606. The Kier molecular flexibility index (Phi) is 5.86. The second kappa shape index (κ2) is 7.65. The maximum atomic E-state index is 6.19. The van der Waals surface area contributed by atoms with Crippen molar-refractivity contribution in [3.8, 4) is 0 Å². The molecule has 1 aromatic carbocycles. The van der Waals surface area contributed by atoms with Gasteiger partial charge >= 0.3 is 0 Å². The van der Waals surface area contributed by atoms with E-state index in [4.69, 9.17) is 23.2 Å². The van der Waals surface area contributed by atoms with Gasteiger partial charge in [-0.15, -0.1) is 0 Å². The van der Waals surface area contributed by atoms with Crippen molar-refractivity contribution in [2.45, 2.75) is 27.2 Å². The topological polar surface area (TPSA) is 49.8 Å². The Morgan fingerprint density at radius 2 is 1.95 bits per heavy atom. The average Bonchev–Trinajstić information content (AvgIpc) is 2.43. The van der Waals surface area contributed by atoms with Gasteiger partial charge in [0.25, 0.3) is 0 Å². The molecular formula is C16H20Cl2N4. The molecule has 0 saturated heterocycles. The molecule has 118 valence electrons. The van der Waals surface area contributed by atoms with Crippen molar-refractivity contribution in [2.24, 2.45) is 5.92 Å². The van der Waals surface area contributed by atoms with Crippen LogP contribution in [0.15, 0.2) is 24.3 Å². The van der Waals surface area contributed by atoms with E-state index in [1.807, 2.05) is 25.1 Å². The quantitative estimate of drug-likeness (QED) is 0.750. The second-order valence-corrected chi connectivity index (χ2v) is 6.34. The summed E-state index contributed by atoms with van der Waals surface area (Å²) in [4.78, 5) is 8.85. The number of aromatic nitrogens is 2. The molecule has 1 aromatic heterocycles. The number of nitrogens with one attached hydrogen (secondary N) is 2. The molecule has 0 aliphatic heterocycles. The molecule has 2 rings (SSSR count). The SMILES string of the molecule is Cc1cc(Nc2cccc(Cl)c2Cl)nc(NCCC(C)C)n1. The molecule has 0 radical (unpaired) electrons. The van der Waals surface area contributed by atoms with Crippen LogP contribution in [0.3, 0.4) is 0 Å². The second-order valence-electron chi connectivity index (χ2n) is 5.55. The molecule has 1 heterocycles. The minimum atomic E-state index is 0.481. The van der Waals surface area contributed by atoms with Gasteiger partial charge in [0.15, 0.2) is 0 Å². The molecule has 2 N–H and O–H groups in total. The van der Waals surface area contributed by atoms with E-state index in [1.54, 1.807) is 6.07 Å². The van der Waals surface area contributed by atoms with Crippen molar-refractivity contribution >= 4 is 40.7 Å². The fourth-order valence-corrected chi connectivity index (χ4v) is 2.27. The lowest BCUT2D eigenvalue weighted by Crippen LogP contribution is -2.09. The Labute approximate surface area is 141 Å². The van der Waals surface area contributed by atoms with Crippen molar-refractivity contribution in [3.05, 3.63) is 40.0 Å². The van der Waals surface area contributed by atoms with Gasteiger partial charge in [-0.1, -0.05) is 43.1 Å². The fourth-order valence-electron chi connectivity index (χ4n) is 1.92. The molecule has 6 heteroatoms. The minimum absolute atomic E-state index is 0.481. The Bertz CT molecular complexity index is 644. The zero-order valence-electron chi connectivity index (χ0n) is 13.0. The maximum Gasteiger partial charge on any atom is 0.224 e. The first-order chi connectivity index (χ1) is 10.5.